The lowest BCUT2D eigenvalue weighted by atomic mass is 9.98. The van der Waals surface area contributed by atoms with Gasteiger partial charge in [-0.1, -0.05) is 29.4 Å². The van der Waals surface area contributed by atoms with Gasteiger partial charge in [-0.05, 0) is 43.5 Å². The maximum Gasteiger partial charge on any atom is 0.318 e. The summed E-state index contributed by atoms with van der Waals surface area (Å²) >= 11 is 0. The Morgan fingerprint density at radius 1 is 1.10 bits per heavy atom. The maximum absolute atomic E-state index is 5.95. The van der Waals surface area contributed by atoms with Crippen molar-refractivity contribution < 1.29 is 4.42 Å². The molecule has 21 heavy (non-hydrogen) atoms. The lowest BCUT2D eigenvalue weighted by Gasteiger charge is -2.27. The summed E-state index contributed by atoms with van der Waals surface area (Å²) in [5.74, 6) is 1.23. The molecule has 1 aromatic heterocycles. The van der Waals surface area contributed by atoms with Gasteiger partial charge in [-0.25, -0.2) is 0 Å². The van der Waals surface area contributed by atoms with E-state index in [1.807, 2.05) is 0 Å². The second-order valence-corrected chi connectivity index (χ2v) is 5.89. The van der Waals surface area contributed by atoms with Crippen molar-refractivity contribution in [1.29, 1.82) is 0 Å². The molecule has 0 aliphatic carbocycles. The normalized spacial score (nSPS) is 19.5. The molecule has 5 heteroatoms. The Bertz CT molecular complexity index is 618. The highest BCUT2D eigenvalue weighted by Crippen LogP contribution is 2.28. The van der Waals surface area contributed by atoms with Crippen LogP contribution in [0.2, 0.25) is 0 Å². The highest BCUT2D eigenvalue weighted by atomic mass is 16.4. The van der Waals surface area contributed by atoms with Crippen LogP contribution in [0, 0.1) is 0 Å². The molecule has 0 bridgehead atoms. The summed E-state index contributed by atoms with van der Waals surface area (Å²) in [4.78, 5) is 2.19. The molecule has 0 unspecified atom stereocenters. The number of hydrogen-bond donors (Lipinski definition) is 1. The van der Waals surface area contributed by atoms with E-state index in [4.69, 9.17) is 4.42 Å². The van der Waals surface area contributed by atoms with Gasteiger partial charge in [0.2, 0.25) is 5.89 Å². The van der Waals surface area contributed by atoms with Crippen LogP contribution < -0.4 is 10.2 Å². The average molecular weight is 284 g/mol. The number of aromatic nitrogens is 2. The van der Waals surface area contributed by atoms with Crippen molar-refractivity contribution in [2.24, 2.45) is 0 Å². The predicted molar refractivity (Wildman–Crippen MR) is 80.3 cm³/mol. The van der Waals surface area contributed by atoms with Crippen molar-refractivity contribution in [1.82, 2.24) is 15.5 Å². The third kappa shape index (κ3) is 2.53. The molecule has 3 heterocycles. The second-order valence-electron chi connectivity index (χ2n) is 5.89. The number of anilines is 1. The van der Waals surface area contributed by atoms with Gasteiger partial charge < -0.3 is 14.6 Å². The first kappa shape index (κ1) is 12.8. The molecule has 4 rings (SSSR count). The van der Waals surface area contributed by atoms with Gasteiger partial charge in [0.25, 0.3) is 0 Å². The summed E-state index contributed by atoms with van der Waals surface area (Å²) < 4.78 is 5.95. The van der Waals surface area contributed by atoms with Gasteiger partial charge >= 0.3 is 6.01 Å². The van der Waals surface area contributed by atoms with Gasteiger partial charge in [0.1, 0.15) is 0 Å². The molecular formula is C16H20N4O. The monoisotopic (exact) mass is 284 g/mol. The minimum atomic E-state index is 0.421. The van der Waals surface area contributed by atoms with E-state index in [1.54, 1.807) is 0 Å². The first-order valence-electron chi connectivity index (χ1n) is 7.76. The van der Waals surface area contributed by atoms with Crippen molar-refractivity contribution in [3.63, 3.8) is 0 Å². The molecule has 0 spiro atoms. The van der Waals surface area contributed by atoms with E-state index in [0.717, 1.165) is 51.3 Å². The lowest BCUT2D eigenvalue weighted by Crippen LogP contribution is -2.30. The minimum absolute atomic E-state index is 0.421. The Morgan fingerprint density at radius 3 is 2.76 bits per heavy atom. The van der Waals surface area contributed by atoms with Gasteiger partial charge in [-0.3, -0.25) is 0 Å². The zero-order valence-electron chi connectivity index (χ0n) is 12.1. The summed E-state index contributed by atoms with van der Waals surface area (Å²) in [6.45, 7) is 3.90. The van der Waals surface area contributed by atoms with Gasteiger partial charge in [0, 0.05) is 19.0 Å². The minimum Gasteiger partial charge on any atom is -0.408 e. The van der Waals surface area contributed by atoms with Crippen LogP contribution in [-0.2, 0) is 13.0 Å². The molecule has 2 aliphatic heterocycles. The molecule has 1 aromatic carbocycles. The predicted octanol–water partition coefficient (Wildman–Crippen LogP) is 2.10. The highest BCUT2D eigenvalue weighted by molar-refractivity contribution is 5.37. The standard InChI is InChI=1S/C16H20N4O/c1-2-4-14-11-20(10-7-12(14)3-1)16-19-18-15(21-16)13-5-8-17-9-6-13/h1-4,13,17H,5-11H2. The SMILES string of the molecule is c1ccc2c(c1)CCN(c1nnc(C3CCNCC3)o1)C2. The summed E-state index contributed by atoms with van der Waals surface area (Å²) in [6, 6.07) is 9.28. The van der Waals surface area contributed by atoms with Crippen LogP contribution in [0.5, 0.6) is 0 Å². The summed E-state index contributed by atoms with van der Waals surface area (Å²) in [7, 11) is 0. The Kier molecular flexibility index (Phi) is 3.35. The number of fused-ring (bicyclic) bond motifs is 1. The van der Waals surface area contributed by atoms with Crippen molar-refractivity contribution >= 4 is 6.01 Å². The second kappa shape index (κ2) is 5.48. The van der Waals surface area contributed by atoms with Crippen LogP contribution in [0.1, 0.15) is 35.8 Å². The molecule has 2 aliphatic rings. The third-order valence-corrected chi connectivity index (χ3v) is 4.52. The third-order valence-electron chi connectivity index (χ3n) is 4.52. The van der Waals surface area contributed by atoms with Gasteiger partial charge in [-0.15, -0.1) is 5.10 Å². The first-order chi connectivity index (χ1) is 10.4. The van der Waals surface area contributed by atoms with E-state index in [-0.39, 0.29) is 0 Å². The molecule has 0 radical (unpaired) electrons. The maximum atomic E-state index is 5.95. The summed E-state index contributed by atoms with van der Waals surface area (Å²) in [5.41, 5.74) is 2.80. The molecule has 0 atom stereocenters. The Hall–Kier alpha value is -1.88. The summed E-state index contributed by atoms with van der Waals surface area (Å²) in [6.07, 6.45) is 3.22. The number of nitrogens with one attached hydrogen (secondary N) is 1. The topological polar surface area (TPSA) is 54.2 Å². The van der Waals surface area contributed by atoms with E-state index < -0.39 is 0 Å². The Morgan fingerprint density at radius 2 is 1.90 bits per heavy atom. The molecule has 5 nitrogen and oxygen atoms in total. The Labute approximate surface area is 124 Å². The van der Waals surface area contributed by atoms with E-state index in [0.29, 0.717) is 11.9 Å². The largest absolute Gasteiger partial charge is 0.408 e. The number of benzene rings is 1. The van der Waals surface area contributed by atoms with E-state index in [1.165, 1.54) is 11.1 Å². The fraction of sp³-hybridized carbons (Fsp3) is 0.500. The van der Waals surface area contributed by atoms with Crippen LogP contribution >= 0.6 is 0 Å². The van der Waals surface area contributed by atoms with Crippen LogP contribution in [-0.4, -0.2) is 29.8 Å². The van der Waals surface area contributed by atoms with Crippen LogP contribution in [0.25, 0.3) is 0 Å². The van der Waals surface area contributed by atoms with Gasteiger partial charge in [0.15, 0.2) is 0 Å². The molecular weight excluding hydrogens is 264 g/mol. The van der Waals surface area contributed by atoms with Crippen molar-refractivity contribution in [2.75, 3.05) is 24.5 Å². The van der Waals surface area contributed by atoms with Crippen LogP contribution in [0.3, 0.4) is 0 Å². The fourth-order valence-electron chi connectivity index (χ4n) is 3.25. The summed E-state index contributed by atoms with van der Waals surface area (Å²) in [5, 5.41) is 11.9. The van der Waals surface area contributed by atoms with Crippen LogP contribution in [0.4, 0.5) is 6.01 Å². The smallest absolute Gasteiger partial charge is 0.318 e. The molecule has 1 fully saturated rings. The molecule has 0 saturated carbocycles. The quantitative estimate of drug-likeness (QED) is 0.915. The zero-order chi connectivity index (χ0) is 14.1. The van der Waals surface area contributed by atoms with Gasteiger partial charge in [0.05, 0.1) is 0 Å². The molecule has 1 saturated heterocycles. The number of hydrogen-bond acceptors (Lipinski definition) is 5. The molecule has 110 valence electrons. The van der Waals surface area contributed by atoms with E-state index in [9.17, 15) is 0 Å². The van der Waals surface area contributed by atoms with E-state index in [2.05, 4.69) is 44.7 Å². The fourth-order valence-corrected chi connectivity index (χ4v) is 3.25. The van der Waals surface area contributed by atoms with Crippen molar-refractivity contribution in [3.8, 4) is 0 Å². The number of rotatable bonds is 2. The zero-order valence-corrected chi connectivity index (χ0v) is 12.1. The number of nitrogens with zero attached hydrogens (tertiary/aromatic N) is 3. The molecule has 1 N–H and O–H groups in total. The lowest BCUT2D eigenvalue weighted by molar-refractivity contribution is 0.373. The van der Waals surface area contributed by atoms with Crippen molar-refractivity contribution in [2.45, 2.75) is 31.7 Å². The number of piperidine rings is 1. The Balaban J connectivity index is 1.51. The highest BCUT2D eigenvalue weighted by Gasteiger charge is 2.24. The average Bonchev–Trinajstić information content (AvgIpc) is 3.05. The molecule has 0 amide bonds. The molecule has 2 aromatic rings. The van der Waals surface area contributed by atoms with Gasteiger partial charge in [-0.2, -0.15) is 0 Å². The van der Waals surface area contributed by atoms with Crippen molar-refractivity contribution in [3.05, 3.63) is 41.3 Å². The van der Waals surface area contributed by atoms with E-state index >= 15 is 0 Å². The van der Waals surface area contributed by atoms with Crippen LogP contribution in [0.15, 0.2) is 28.7 Å². The first-order valence-corrected chi connectivity index (χ1v) is 7.76.